The standard InChI is InChI=1S/C8H7NS.C4H8.2C2H6/c1-6-9-7-4-2-3-5-8(7)10-6;1-4-2-3-4;2*1-2/h2-5H,1H3;4H,2-3H2,1H3;2*1-2H3. The molecule has 1 aromatic carbocycles. The van der Waals surface area contributed by atoms with E-state index in [9.17, 15) is 0 Å². The Labute approximate surface area is 116 Å². The number of thiazole rings is 1. The number of benzene rings is 1. The van der Waals surface area contributed by atoms with Gasteiger partial charge < -0.3 is 0 Å². The lowest BCUT2D eigenvalue weighted by atomic mass is 10.3. The Morgan fingerprint density at radius 2 is 1.56 bits per heavy atom. The van der Waals surface area contributed by atoms with Gasteiger partial charge in [0.15, 0.2) is 0 Å². The zero-order valence-corrected chi connectivity index (χ0v) is 13.5. The number of hydrogen-bond acceptors (Lipinski definition) is 2. The van der Waals surface area contributed by atoms with E-state index in [1.54, 1.807) is 11.3 Å². The average molecular weight is 265 g/mol. The van der Waals surface area contributed by atoms with E-state index in [1.807, 2.05) is 52.8 Å². The van der Waals surface area contributed by atoms with E-state index in [4.69, 9.17) is 0 Å². The van der Waals surface area contributed by atoms with Crippen LogP contribution in [0.1, 0.15) is 52.5 Å². The third-order valence-electron chi connectivity index (χ3n) is 2.27. The summed E-state index contributed by atoms with van der Waals surface area (Å²) in [5, 5.41) is 1.14. The molecule has 1 aliphatic carbocycles. The maximum absolute atomic E-state index is 4.33. The second-order valence-corrected chi connectivity index (χ2v) is 5.12. The van der Waals surface area contributed by atoms with Gasteiger partial charge in [-0.3, -0.25) is 0 Å². The minimum atomic E-state index is 1.08. The maximum atomic E-state index is 4.33. The van der Waals surface area contributed by atoms with Crippen molar-refractivity contribution >= 4 is 21.6 Å². The van der Waals surface area contributed by atoms with Crippen molar-refractivity contribution in [2.45, 2.75) is 54.4 Å². The van der Waals surface area contributed by atoms with E-state index in [1.165, 1.54) is 17.5 Å². The second kappa shape index (κ2) is 10.1. The smallest absolute Gasteiger partial charge is 0.0907 e. The molecule has 1 heterocycles. The number of hydrogen-bond donors (Lipinski definition) is 0. The highest BCUT2D eigenvalue weighted by molar-refractivity contribution is 7.18. The molecule has 0 amide bonds. The molecule has 0 unspecified atom stereocenters. The molecule has 0 atom stereocenters. The zero-order valence-electron chi connectivity index (χ0n) is 12.7. The molecule has 3 rings (SSSR count). The lowest BCUT2D eigenvalue weighted by molar-refractivity contribution is 0.983. The summed E-state index contributed by atoms with van der Waals surface area (Å²) in [6.07, 6.45) is 2.97. The van der Waals surface area contributed by atoms with Gasteiger partial charge in [0.25, 0.3) is 0 Å². The molecular weight excluding hydrogens is 238 g/mol. The Morgan fingerprint density at radius 3 is 2.00 bits per heavy atom. The van der Waals surface area contributed by atoms with E-state index in [-0.39, 0.29) is 0 Å². The first-order valence-corrected chi connectivity index (χ1v) is 7.89. The van der Waals surface area contributed by atoms with Crippen LogP contribution >= 0.6 is 11.3 Å². The summed E-state index contributed by atoms with van der Waals surface area (Å²) in [7, 11) is 0. The lowest BCUT2D eigenvalue weighted by Crippen LogP contribution is -1.65. The fraction of sp³-hybridized carbons (Fsp3) is 0.562. The van der Waals surface area contributed by atoms with Gasteiger partial charge in [0, 0.05) is 0 Å². The van der Waals surface area contributed by atoms with E-state index < -0.39 is 0 Å². The number of nitrogens with zero attached hydrogens (tertiary/aromatic N) is 1. The van der Waals surface area contributed by atoms with Crippen molar-refractivity contribution in [3.05, 3.63) is 29.3 Å². The molecule has 0 radical (unpaired) electrons. The van der Waals surface area contributed by atoms with Crippen LogP contribution in [0.25, 0.3) is 10.2 Å². The van der Waals surface area contributed by atoms with Crippen molar-refractivity contribution in [3.8, 4) is 0 Å². The minimum Gasteiger partial charge on any atom is -0.242 e. The van der Waals surface area contributed by atoms with Crippen LogP contribution in [0.5, 0.6) is 0 Å². The highest BCUT2D eigenvalue weighted by atomic mass is 32.1. The fourth-order valence-electron chi connectivity index (χ4n) is 1.15. The summed E-state index contributed by atoms with van der Waals surface area (Å²) in [6, 6.07) is 8.19. The third-order valence-corrected chi connectivity index (χ3v) is 3.22. The highest BCUT2D eigenvalue weighted by Crippen LogP contribution is 2.26. The molecule has 2 aromatic rings. The quantitative estimate of drug-likeness (QED) is 0.563. The van der Waals surface area contributed by atoms with E-state index in [0.717, 1.165) is 16.4 Å². The summed E-state index contributed by atoms with van der Waals surface area (Å²) >= 11 is 1.74. The molecule has 18 heavy (non-hydrogen) atoms. The van der Waals surface area contributed by atoms with Crippen LogP contribution in [0.2, 0.25) is 0 Å². The number of rotatable bonds is 0. The van der Waals surface area contributed by atoms with Crippen LogP contribution in [0.15, 0.2) is 24.3 Å². The monoisotopic (exact) mass is 265 g/mol. The van der Waals surface area contributed by atoms with Crippen molar-refractivity contribution < 1.29 is 0 Å². The van der Waals surface area contributed by atoms with E-state index >= 15 is 0 Å². The van der Waals surface area contributed by atoms with Crippen molar-refractivity contribution in [3.63, 3.8) is 0 Å². The molecule has 1 saturated carbocycles. The zero-order chi connectivity index (χ0) is 14.0. The third kappa shape index (κ3) is 6.75. The normalized spacial score (nSPS) is 12.3. The van der Waals surface area contributed by atoms with E-state index in [0.29, 0.717) is 0 Å². The van der Waals surface area contributed by atoms with Crippen LogP contribution in [-0.4, -0.2) is 4.98 Å². The molecule has 2 heteroatoms. The molecule has 0 aliphatic heterocycles. The topological polar surface area (TPSA) is 12.9 Å². The van der Waals surface area contributed by atoms with Crippen LogP contribution in [0, 0.1) is 12.8 Å². The molecule has 0 saturated heterocycles. The van der Waals surface area contributed by atoms with Gasteiger partial charge in [-0.25, -0.2) is 4.98 Å². The van der Waals surface area contributed by atoms with E-state index in [2.05, 4.69) is 18.0 Å². The Kier molecular flexibility index (Phi) is 9.57. The molecule has 1 fully saturated rings. The molecule has 1 aromatic heterocycles. The molecule has 1 aliphatic rings. The molecule has 102 valence electrons. The van der Waals surface area contributed by atoms with Crippen molar-refractivity contribution in [2.75, 3.05) is 0 Å². The summed E-state index contributed by atoms with van der Waals surface area (Å²) in [4.78, 5) is 4.33. The van der Waals surface area contributed by atoms with Crippen LogP contribution in [-0.2, 0) is 0 Å². The minimum absolute atomic E-state index is 1.08. The Balaban J connectivity index is 0.000000304. The lowest BCUT2D eigenvalue weighted by Gasteiger charge is -1.80. The Bertz CT molecular complexity index is 383. The predicted molar refractivity (Wildman–Crippen MR) is 85.5 cm³/mol. The van der Waals surface area contributed by atoms with Gasteiger partial charge in [-0.15, -0.1) is 11.3 Å². The van der Waals surface area contributed by atoms with Gasteiger partial charge in [-0.05, 0) is 25.0 Å². The van der Waals surface area contributed by atoms with Gasteiger partial charge in [-0.2, -0.15) is 0 Å². The first-order chi connectivity index (χ1) is 8.75. The fourth-order valence-corrected chi connectivity index (χ4v) is 1.98. The Hall–Kier alpha value is -0.890. The largest absolute Gasteiger partial charge is 0.242 e. The van der Waals surface area contributed by atoms with Crippen LogP contribution in [0.3, 0.4) is 0 Å². The van der Waals surface area contributed by atoms with Gasteiger partial charge >= 0.3 is 0 Å². The molecular formula is C16H27NS. The first-order valence-electron chi connectivity index (χ1n) is 7.08. The SMILES string of the molecule is CC.CC.CC1CC1.Cc1nc2ccccc2s1. The summed E-state index contributed by atoms with van der Waals surface area (Å²) in [5.74, 6) is 1.08. The van der Waals surface area contributed by atoms with Crippen molar-refractivity contribution in [1.82, 2.24) is 4.98 Å². The summed E-state index contributed by atoms with van der Waals surface area (Å²) < 4.78 is 1.28. The Morgan fingerprint density at radius 1 is 1.06 bits per heavy atom. The first kappa shape index (κ1) is 17.1. The van der Waals surface area contributed by atoms with Gasteiger partial charge in [-0.1, -0.05) is 59.6 Å². The van der Waals surface area contributed by atoms with Crippen LogP contribution in [0.4, 0.5) is 0 Å². The number of para-hydroxylation sites is 1. The number of aromatic nitrogens is 1. The second-order valence-electron chi connectivity index (χ2n) is 3.88. The average Bonchev–Trinajstić information content (AvgIpc) is 3.10. The van der Waals surface area contributed by atoms with Gasteiger partial charge in [0.2, 0.25) is 0 Å². The number of aryl methyl sites for hydroxylation is 1. The predicted octanol–water partition coefficient (Wildman–Crippen LogP) is 6.07. The number of fused-ring (bicyclic) bond motifs is 1. The summed E-state index contributed by atoms with van der Waals surface area (Å²) in [6.45, 7) is 12.3. The van der Waals surface area contributed by atoms with Crippen molar-refractivity contribution in [1.29, 1.82) is 0 Å². The molecule has 0 spiro atoms. The summed E-state index contributed by atoms with van der Waals surface area (Å²) in [5.41, 5.74) is 1.12. The van der Waals surface area contributed by atoms with Gasteiger partial charge in [0.1, 0.15) is 0 Å². The molecule has 0 N–H and O–H groups in total. The van der Waals surface area contributed by atoms with Crippen molar-refractivity contribution in [2.24, 2.45) is 5.92 Å². The highest BCUT2D eigenvalue weighted by Gasteiger charge is 2.12. The van der Waals surface area contributed by atoms with Crippen LogP contribution < -0.4 is 0 Å². The molecule has 1 nitrogen and oxygen atoms in total. The maximum Gasteiger partial charge on any atom is 0.0907 e. The van der Waals surface area contributed by atoms with Gasteiger partial charge in [0.05, 0.1) is 15.2 Å². The molecule has 0 bridgehead atoms.